The zero-order valence-electron chi connectivity index (χ0n) is 18.7. The summed E-state index contributed by atoms with van der Waals surface area (Å²) in [5.41, 5.74) is 1.19. The normalized spacial score (nSPS) is 11.4. The third-order valence-electron chi connectivity index (χ3n) is 5.24. The molecule has 0 heterocycles. The number of carbonyl (C=O) groups is 2. The first-order chi connectivity index (χ1) is 16.0. The van der Waals surface area contributed by atoms with Crippen molar-refractivity contribution in [1.29, 1.82) is 0 Å². The van der Waals surface area contributed by atoms with E-state index in [4.69, 9.17) is 9.47 Å². The molecule has 3 rings (SSSR count). The zero-order chi connectivity index (χ0) is 23.6. The zero-order valence-corrected chi connectivity index (χ0v) is 18.7. The molecule has 33 heavy (non-hydrogen) atoms. The van der Waals surface area contributed by atoms with Gasteiger partial charge in [-0.15, -0.1) is 0 Å². The molecule has 0 spiro atoms. The number of nitrogens with zero attached hydrogens (tertiary/aromatic N) is 1. The van der Waals surface area contributed by atoms with E-state index in [1.165, 1.54) is 25.1 Å². The van der Waals surface area contributed by atoms with E-state index in [-0.39, 0.29) is 25.5 Å². The summed E-state index contributed by atoms with van der Waals surface area (Å²) in [6.07, 6.45) is 0.273. The summed E-state index contributed by atoms with van der Waals surface area (Å²) in [6.45, 7) is -0.414. The highest BCUT2D eigenvalue weighted by Gasteiger charge is 2.30. The molecule has 0 saturated heterocycles. The summed E-state index contributed by atoms with van der Waals surface area (Å²) in [6, 6.07) is 21.7. The molecule has 0 bridgehead atoms. The number of amides is 2. The molecule has 0 aliphatic carbocycles. The molecule has 1 N–H and O–H groups in total. The minimum atomic E-state index is -0.856. The Morgan fingerprint density at radius 2 is 1.58 bits per heavy atom. The lowest BCUT2D eigenvalue weighted by Crippen LogP contribution is -2.51. The van der Waals surface area contributed by atoms with E-state index in [2.05, 4.69) is 5.32 Å². The first kappa shape index (κ1) is 23.8. The van der Waals surface area contributed by atoms with E-state index in [9.17, 15) is 14.0 Å². The fraction of sp³-hybridized carbons (Fsp3) is 0.231. The van der Waals surface area contributed by atoms with Crippen molar-refractivity contribution in [3.63, 3.8) is 0 Å². The van der Waals surface area contributed by atoms with E-state index in [0.717, 1.165) is 5.56 Å². The van der Waals surface area contributed by atoms with Crippen molar-refractivity contribution in [2.45, 2.75) is 19.0 Å². The molecule has 0 aliphatic rings. The van der Waals surface area contributed by atoms with Crippen LogP contribution in [0.3, 0.4) is 0 Å². The van der Waals surface area contributed by atoms with E-state index in [1.807, 2.05) is 30.3 Å². The molecule has 0 saturated carbocycles. The van der Waals surface area contributed by atoms with Crippen LogP contribution in [-0.4, -0.2) is 43.5 Å². The molecular weight excluding hydrogens is 423 g/mol. The van der Waals surface area contributed by atoms with Gasteiger partial charge in [-0.2, -0.15) is 0 Å². The van der Waals surface area contributed by atoms with Gasteiger partial charge in [0.2, 0.25) is 5.91 Å². The number of methoxy groups -OCH3 is 1. The van der Waals surface area contributed by atoms with Crippen molar-refractivity contribution in [2.24, 2.45) is 0 Å². The first-order valence-corrected chi connectivity index (χ1v) is 10.6. The molecule has 3 aromatic carbocycles. The predicted molar refractivity (Wildman–Crippen MR) is 123 cm³/mol. The van der Waals surface area contributed by atoms with Crippen LogP contribution in [0.15, 0.2) is 78.9 Å². The van der Waals surface area contributed by atoms with Crippen LogP contribution in [0, 0.1) is 5.82 Å². The van der Waals surface area contributed by atoms with Crippen LogP contribution < -0.4 is 14.8 Å². The molecule has 0 fully saturated rings. The number of hydrogen-bond donors (Lipinski definition) is 1. The number of carbonyl (C=O) groups excluding carboxylic acids is 2. The lowest BCUT2D eigenvalue weighted by atomic mass is 10.0. The average molecular weight is 451 g/mol. The molecule has 0 radical (unpaired) electrons. The summed E-state index contributed by atoms with van der Waals surface area (Å²) in [5.74, 6) is -0.359. The minimum Gasteiger partial charge on any atom is -0.493 e. The number of hydrogen-bond acceptors (Lipinski definition) is 4. The number of ether oxygens (including phenoxy) is 2. The van der Waals surface area contributed by atoms with E-state index in [1.54, 1.807) is 42.5 Å². The number of para-hydroxylation sites is 2. The summed E-state index contributed by atoms with van der Waals surface area (Å²) < 4.78 is 25.4. The Hall–Kier alpha value is -3.87. The maximum absolute atomic E-state index is 14.4. The van der Waals surface area contributed by atoms with Crippen LogP contribution >= 0.6 is 0 Å². The van der Waals surface area contributed by atoms with Crippen molar-refractivity contribution < 1.29 is 23.5 Å². The van der Waals surface area contributed by atoms with Gasteiger partial charge in [-0.25, -0.2) is 4.39 Å². The molecular formula is C26H27FN2O4. The van der Waals surface area contributed by atoms with E-state index < -0.39 is 17.8 Å². The Morgan fingerprint density at radius 3 is 2.24 bits per heavy atom. The summed E-state index contributed by atoms with van der Waals surface area (Å²) in [5, 5.41) is 2.63. The minimum absolute atomic E-state index is 0.0777. The molecule has 1 atom stereocenters. The number of nitrogens with one attached hydrogen (secondary N) is 1. The molecule has 0 aromatic heterocycles. The van der Waals surface area contributed by atoms with Gasteiger partial charge < -0.3 is 19.7 Å². The van der Waals surface area contributed by atoms with Crippen molar-refractivity contribution in [1.82, 2.24) is 10.2 Å². The number of rotatable bonds is 10. The Kier molecular flexibility index (Phi) is 8.41. The second kappa shape index (κ2) is 11.7. The smallest absolute Gasteiger partial charge is 0.261 e. The second-order valence-corrected chi connectivity index (χ2v) is 7.37. The Balaban J connectivity index is 1.90. The monoisotopic (exact) mass is 450 g/mol. The van der Waals surface area contributed by atoms with Gasteiger partial charge in [0.25, 0.3) is 5.91 Å². The van der Waals surface area contributed by atoms with Crippen molar-refractivity contribution in [3.05, 3.63) is 95.8 Å². The standard InChI is InChI=1S/C26H27FN2O4/c1-28-26(31)22(16-19-10-4-3-5-11-19)29(17-20-12-6-7-13-21(20)27)25(30)18-33-24-15-9-8-14-23(24)32-2/h3-15,22H,16-18H2,1-2H3,(H,28,31)/t22-/m0/s1. The van der Waals surface area contributed by atoms with Gasteiger partial charge in [-0.3, -0.25) is 9.59 Å². The fourth-order valence-electron chi connectivity index (χ4n) is 3.49. The maximum Gasteiger partial charge on any atom is 0.261 e. The molecule has 0 unspecified atom stereocenters. The lowest BCUT2D eigenvalue weighted by molar-refractivity contribution is -0.142. The Labute approximate surface area is 192 Å². The van der Waals surface area contributed by atoms with Crippen LogP contribution in [0.2, 0.25) is 0 Å². The molecule has 0 aliphatic heterocycles. The number of likely N-dealkylation sites (N-methyl/N-ethyl adjacent to an activating group) is 1. The van der Waals surface area contributed by atoms with Gasteiger partial charge in [0.15, 0.2) is 18.1 Å². The highest BCUT2D eigenvalue weighted by atomic mass is 19.1. The van der Waals surface area contributed by atoms with E-state index >= 15 is 0 Å². The third-order valence-corrected chi connectivity index (χ3v) is 5.24. The lowest BCUT2D eigenvalue weighted by Gasteiger charge is -2.31. The highest BCUT2D eigenvalue weighted by Crippen LogP contribution is 2.26. The largest absolute Gasteiger partial charge is 0.493 e. The fourth-order valence-corrected chi connectivity index (χ4v) is 3.49. The number of benzene rings is 3. The van der Waals surface area contributed by atoms with Gasteiger partial charge in [0, 0.05) is 25.6 Å². The quantitative estimate of drug-likeness (QED) is 0.513. The second-order valence-electron chi connectivity index (χ2n) is 7.37. The van der Waals surface area contributed by atoms with Crippen molar-refractivity contribution >= 4 is 11.8 Å². The highest BCUT2D eigenvalue weighted by molar-refractivity contribution is 5.88. The van der Waals surface area contributed by atoms with Crippen LogP contribution in [0.4, 0.5) is 4.39 Å². The summed E-state index contributed by atoms with van der Waals surface area (Å²) in [4.78, 5) is 27.6. The molecule has 2 amide bonds. The van der Waals surface area contributed by atoms with Gasteiger partial charge in [-0.1, -0.05) is 60.7 Å². The topological polar surface area (TPSA) is 67.9 Å². The van der Waals surface area contributed by atoms with Crippen LogP contribution in [0.25, 0.3) is 0 Å². The molecule has 7 heteroatoms. The third kappa shape index (κ3) is 6.32. The van der Waals surface area contributed by atoms with Crippen molar-refractivity contribution in [2.75, 3.05) is 20.8 Å². The Morgan fingerprint density at radius 1 is 0.939 bits per heavy atom. The summed E-state index contributed by atoms with van der Waals surface area (Å²) in [7, 11) is 3.02. The van der Waals surface area contributed by atoms with E-state index in [0.29, 0.717) is 17.1 Å². The van der Waals surface area contributed by atoms with Crippen LogP contribution in [0.1, 0.15) is 11.1 Å². The number of halogens is 1. The maximum atomic E-state index is 14.4. The SMILES string of the molecule is CNC(=O)[C@H](Cc1ccccc1)N(Cc1ccccc1F)C(=O)COc1ccccc1OC. The first-order valence-electron chi connectivity index (χ1n) is 10.6. The molecule has 6 nitrogen and oxygen atoms in total. The van der Waals surface area contributed by atoms with Crippen LogP contribution in [0.5, 0.6) is 11.5 Å². The van der Waals surface area contributed by atoms with Crippen LogP contribution in [-0.2, 0) is 22.6 Å². The van der Waals surface area contributed by atoms with Crippen molar-refractivity contribution in [3.8, 4) is 11.5 Å². The predicted octanol–water partition coefficient (Wildman–Crippen LogP) is 3.60. The molecule has 172 valence electrons. The van der Waals surface area contributed by atoms with Gasteiger partial charge in [0.1, 0.15) is 11.9 Å². The van der Waals surface area contributed by atoms with Gasteiger partial charge in [-0.05, 0) is 23.8 Å². The van der Waals surface area contributed by atoms with Gasteiger partial charge >= 0.3 is 0 Å². The average Bonchev–Trinajstić information content (AvgIpc) is 2.86. The Bertz CT molecular complexity index is 1070. The summed E-state index contributed by atoms with van der Waals surface area (Å²) >= 11 is 0. The molecule has 3 aromatic rings. The van der Waals surface area contributed by atoms with Gasteiger partial charge in [0.05, 0.1) is 7.11 Å².